The molecule has 5 aromatic heterocycles. The minimum atomic E-state index is -0.167. The minimum absolute atomic E-state index is 0.167. The van der Waals surface area contributed by atoms with Crippen molar-refractivity contribution in [1.82, 2.24) is 18.3 Å². The monoisotopic (exact) mass is 1010 g/mol. The summed E-state index contributed by atoms with van der Waals surface area (Å²) >= 11 is 0. The van der Waals surface area contributed by atoms with E-state index < -0.39 is 0 Å². The van der Waals surface area contributed by atoms with Crippen LogP contribution in [0.3, 0.4) is 0 Å². The second kappa shape index (κ2) is 16.5. The Labute approximate surface area is 453 Å². The molecule has 0 atom stereocenters. The summed E-state index contributed by atoms with van der Waals surface area (Å²) in [6, 6.07) is 84.6. The molecule has 0 spiro atoms. The molecular formula is C72H46N6O. The number of fused-ring (bicyclic) bond motifs is 16. The van der Waals surface area contributed by atoms with Crippen molar-refractivity contribution in [2.45, 2.75) is 26.2 Å². The molecule has 370 valence electrons. The number of nitriles is 2. The Morgan fingerprint density at radius 2 is 0.734 bits per heavy atom. The molecular weight excluding hydrogens is 965 g/mol. The van der Waals surface area contributed by atoms with Crippen LogP contribution in [0.2, 0.25) is 0 Å². The van der Waals surface area contributed by atoms with Crippen LogP contribution in [-0.2, 0) is 5.41 Å². The third-order valence-corrected chi connectivity index (χ3v) is 16.6. The van der Waals surface area contributed by atoms with Gasteiger partial charge in [0, 0.05) is 48.5 Å². The van der Waals surface area contributed by atoms with E-state index >= 15 is 0 Å². The van der Waals surface area contributed by atoms with Crippen LogP contribution in [0.25, 0.3) is 143 Å². The molecule has 0 fully saturated rings. The third-order valence-electron chi connectivity index (χ3n) is 16.6. The average molecular weight is 1010 g/mol. The number of rotatable bonds is 5. The van der Waals surface area contributed by atoms with Gasteiger partial charge in [0.25, 0.3) is 0 Å². The Bertz CT molecular complexity index is 5090. The summed E-state index contributed by atoms with van der Waals surface area (Å²) in [6.07, 6.45) is 0. The Morgan fingerprint density at radius 1 is 0.342 bits per heavy atom. The Kier molecular flexibility index (Phi) is 9.30. The molecule has 0 amide bonds. The fourth-order valence-electron chi connectivity index (χ4n) is 13.4. The van der Waals surface area contributed by atoms with Crippen LogP contribution in [-0.4, -0.2) is 18.3 Å². The van der Waals surface area contributed by atoms with Crippen LogP contribution in [0.1, 0.15) is 37.5 Å². The number of nitrogens with zero attached hydrogens (tertiary/aromatic N) is 6. The zero-order valence-electron chi connectivity index (χ0n) is 43.5. The first-order valence-corrected chi connectivity index (χ1v) is 26.8. The van der Waals surface area contributed by atoms with Gasteiger partial charge in [0.2, 0.25) is 0 Å². The second-order valence-corrected chi connectivity index (χ2v) is 21.8. The molecule has 0 aliphatic rings. The van der Waals surface area contributed by atoms with Gasteiger partial charge in [-0.25, -0.2) is 0 Å². The highest BCUT2D eigenvalue weighted by molar-refractivity contribution is 6.26. The number of benzene rings is 11. The highest BCUT2D eigenvalue weighted by atomic mass is 16.3. The van der Waals surface area contributed by atoms with Gasteiger partial charge in [0.1, 0.15) is 34.4 Å². The van der Waals surface area contributed by atoms with E-state index in [-0.39, 0.29) is 5.41 Å². The molecule has 0 aliphatic carbocycles. The molecule has 0 aliphatic heterocycles. The topological polar surface area (TPSA) is 80.4 Å². The lowest BCUT2D eigenvalue weighted by molar-refractivity contribution is 0.592. The maximum absolute atomic E-state index is 12.7. The van der Waals surface area contributed by atoms with Gasteiger partial charge < -0.3 is 22.7 Å². The highest BCUT2D eigenvalue weighted by Crippen LogP contribution is 2.51. The summed E-state index contributed by atoms with van der Waals surface area (Å²) in [7, 11) is 0. The highest BCUT2D eigenvalue weighted by Gasteiger charge is 2.35. The van der Waals surface area contributed by atoms with Gasteiger partial charge in [0.05, 0.1) is 72.3 Å². The fraction of sp³-hybridized carbons (Fsp3) is 0.0556. The molecule has 0 saturated carbocycles. The smallest absolute Gasteiger partial charge is 0.137 e. The molecule has 0 unspecified atom stereocenters. The predicted molar refractivity (Wildman–Crippen MR) is 325 cm³/mol. The van der Waals surface area contributed by atoms with Crippen LogP contribution >= 0.6 is 0 Å². The average Bonchev–Trinajstić information content (AvgIpc) is 3.10. The van der Waals surface area contributed by atoms with Gasteiger partial charge >= 0.3 is 0 Å². The summed E-state index contributed by atoms with van der Waals surface area (Å²) in [5, 5.41) is 35.5. The summed E-state index contributed by atoms with van der Waals surface area (Å²) in [5.74, 6) is 0. The summed E-state index contributed by atoms with van der Waals surface area (Å²) in [4.78, 5) is 0. The first kappa shape index (κ1) is 44.7. The summed E-state index contributed by atoms with van der Waals surface area (Å²) in [5.41, 5.74) is 15.2. The fourth-order valence-corrected chi connectivity index (χ4v) is 13.4. The van der Waals surface area contributed by atoms with E-state index in [1.165, 1.54) is 5.56 Å². The van der Waals surface area contributed by atoms with E-state index in [9.17, 15) is 10.5 Å². The molecule has 7 heteroatoms. The molecule has 11 aromatic carbocycles. The predicted octanol–water partition coefficient (Wildman–Crippen LogP) is 18.7. The van der Waals surface area contributed by atoms with Gasteiger partial charge in [0.15, 0.2) is 0 Å². The van der Waals surface area contributed by atoms with Crippen molar-refractivity contribution >= 4 is 109 Å². The molecule has 5 heterocycles. The van der Waals surface area contributed by atoms with Gasteiger partial charge in [-0.15, -0.1) is 0 Å². The van der Waals surface area contributed by atoms with Crippen molar-refractivity contribution in [3.8, 4) is 46.0 Å². The van der Waals surface area contributed by atoms with Crippen LogP contribution in [0.5, 0.6) is 0 Å². The minimum Gasteiger partial charge on any atom is -0.456 e. The maximum Gasteiger partial charge on any atom is 0.137 e. The first-order chi connectivity index (χ1) is 38.8. The molecule has 79 heavy (non-hydrogen) atoms. The standard InChI is InChI=1S/C72H46N6O/c1-72(2,3)56-28-12-4-20-44(56)43-36-37-51-52-38-39-65-66(53-27-11-19-35-64(53)79-65)68(52)78(63(51)40-43)71-69(76-59-31-15-7-23-47(59)48-24-8-16-32-60(48)76)54(41-73)67(75-57-29-13-5-21-45(57)46-22-6-14-30-58(46)75)55(42-74)70(71)77-61-33-17-9-25-49(61)50-26-10-18-34-62(50)77/h4-40H,1-3H3. The lowest BCUT2D eigenvalue weighted by atomic mass is 9.82. The molecule has 0 saturated heterocycles. The van der Waals surface area contributed by atoms with E-state index in [0.29, 0.717) is 33.9 Å². The normalized spacial score (nSPS) is 12.2. The van der Waals surface area contributed by atoms with E-state index in [1.807, 2.05) is 24.3 Å². The molecule has 16 rings (SSSR count). The lowest BCUT2D eigenvalue weighted by Crippen LogP contribution is -2.17. The SMILES string of the molecule is CC(C)(C)c1ccccc1-c1ccc2c3ccc4oc5ccccc5c4c3n(-c3c(-n4c5ccccc5c5ccccc54)c(C#N)c(-n4c5ccccc5c5ccccc54)c(C#N)c3-n3c4ccccc4c4ccccc43)c2c1. The molecule has 0 bridgehead atoms. The summed E-state index contributed by atoms with van der Waals surface area (Å²) < 4.78 is 16.0. The Balaban J connectivity index is 1.25. The van der Waals surface area contributed by atoms with Gasteiger partial charge in [-0.3, -0.25) is 0 Å². The van der Waals surface area contributed by atoms with Gasteiger partial charge in [-0.1, -0.05) is 185 Å². The van der Waals surface area contributed by atoms with Crippen molar-refractivity contribution in [1.29, 1.82) is 10.5 Å². The Morgan fingerprint density at radius 3 is 1.20 bits per heavy atom. The van der Waals surface area contributed by atoms with Crippen molar-refractivity contribution in [2.75, 3.05) is 0 Å². The van der Waals surface area contributed by atoms with E-state index in [4.69, 9.17) is 4.42 Å². The zero-order valence-corrected chi connectivity index (χ0v) is 43.5. The molecule has 16 aromatic rings. The molecule has 0 N–H and O–H groups in total. The van der Waals surface area contributed by atoms with Gasteiger partial charge in [-0.2, -0.15) is 10.5 Å². The Hall–Kier alpha value is -10.6. The maximum atomic E-state index is 12.7. The van der Waals surface area contributed by atoms with E-state index in [1.54, 1.807) is 0 Å². The third kappa shape index (κ3) is 6.10. The molecule has 0 radical (unpaired) electrons. The van der Waals surface area contributed by atoms with Crippen molar-refractivity contribution in [3.05, 3.63) is 241 Å². The van der Waals surface area contributed by atoms with Crippen LogP contribution < -0.4 is 0 Å². The van der Waals surface area contributed by atoms with Crippen LogP contribution in [0, 0.1) is 22.7 Å². The number of furan rings is 1. The van der Waals surface area contributed by atoms with E-state index in [2.05, 4.69) is 251 Å². The molecule has 7 nitrogen and oxygen atoms in total. The van der Waals surface area contributed by atoms with Crippen molar-refractivity contribution in [2.24, 2.45) is 0 Å². The summed E-state index contributed by atoms with van der Waals surface area (Å²) in [6.45, 7) is 6.80. The largest absolute Gasteiger partial charge is 0.456 e. The van der Waals surface area contributed by atoms with Gasteiger partial charge in [-0.05, 0) is 82.8 Å². The lowest BCUT2D eigenvalue weighted by Gasteiger charge is -2.27. The number of hydrogen-bond acceptors (Lipinski definition) is 3. The van der Waals surface area contributed by atoms with E-state index in [0.717, 1.165) is 120 Å². The zero-order chi connectivity index (χ0) is 52.8. The number of para-hydroxylation sites is 7. The number of aromatic nitrogens is 4. The first-order valence-electron chi connectivity index (χ1n) is 26.8. The van der Waals surface area contributed by atoms with Crippen LogP contribution in [0.15, 0.2) is 229 Å². The quantitative estimate of drug-likeness (QED) is 0.172. The second-order valence-electron chi connectivity index (χ2n) is 21.8. The van der Waals surface area contributed by atoms with Crippen molar-refractivity contribution in [3.63, 3.8) is 0 Å². The van der Waals surface area contributed by atoms with Crippen LogP contribution in [0.4, 0.5) is 0 Å². The van der Waals surface area contributed by atoms with Crippen molar-refractivity contribution < 1.29 is 4.42 Å². The number of hydrogen-bond donors (Lipinski definition) is 0.